The van der Waals surface area contributed by atoms with Crippen LogP contribution in [0.25, 0.3) is 5.70 Å². The van der Waals surface area contributed by atoms with Crippen LogP contribution in [0.1, 0.15) is 28.1 Å². The molecule has 1 N–H and O–H groups in total. The van der Waals surface area contributed by atoms with Crippen molar-refractivity contribution in [3.8, 4) is 5.75 Å². The van der Waals surface area contributed by atoms with Gasteiger partial charge >= 0.3 is 0 Å². The summed E-state index contributed by atoms with van der Waals surface area (Å²) in [5, 5.41) is 11.2. The van der Waals surface area contributed by atoms with Gasteiger partial charge in [-0.1, -0.05) is 58.0 Å². The molecule has 4 aromatic rings. The number of anilines is 1. The van der Waals surface area contributed by atoms with Gasteiger partial charge < -0.3 is 10.1 Å². The zero-order valence-electron chi connectivity index (χ0n) is 16.4. The van der Waals surface area contributed by atoms with Crippen molar-refractivity contribution >= 4 is 50.7 Å². The lowest BCUT2D eigenvalue weighted by molar-refractivity contribution is 0.226. The zero-order valence-corrected chi connectivity index (χ0v) is 19.7. The lowest BCUT2D eigenvalue weighted by Crippen LogP contribution is -2.32. The smallest absolute Gasteiger partial charge is 0.227 e. The van der Waals surface area contributed by atoms with E-state index < -0.39 is 0 Å². The van der Waals surface area contributed by atoms with Crippen molar-refractivity contribution in [1.82, 2.24) is 14.8 Å². The molecular formula is C23H17BrN4OS2. The second-order valence-corrected chi connectivity index (χ2v) is 9.95. The molecule has 5 nitrogen and oxygen atoms in total. The van der Waals surface area contributed by atoms with E-state index in [4.69, 9.17) is 14.8 Å². The van der Waals surface area contributed by atoms with Crippen molar-refractivity contribution in [3.05, 3.63) is 92.1 Å². The van der Waals surface area contributed by atoms with E-state index in [0.717, 1.165) is 43.7 Å². The van der Waals surface area contributed by atoms with Crippen LogP contribution in [-0.2, 0) is 0 Å². The molecule has 0 saturated heterocycles. The maximum absolute atomic E-state index is 6.61. The highest BCUT2D eigenvalue weighted by Crippen LogP contribution is 2.51. The third-order valence-electron chi connectivity index (χ3n) is 5.53. The van der Waals surface area contributed by atoms with Gasteiger partial charge in [0.05, 0.1) is 5.70 Å². The number of hydrogen-bond acceptors (Lipinski definition) is 6. The van der Waals surface area contributed by atoms with Crippen molar-refractivity contribution in [2.24, 2.45) is 0 Å². The summed E-state index contributed by atoms with van der Waals surface area (Å²) in [4.78, 5) is 5.90. The van der Waals surface area contributed by atoms with Gasteiger partial charge in [-0.3, -0.25) is 0 Å². The Hall–Kier alpha value is -2.55. The van der Waals surface area contributed by atoms with Gasteiger partial charge in [-0.25, -0.2) is 4.68 Å². The van der Waals surface area contributed by atoms with E-state index in [-0.39, 0.29) is 12.1 Å². The number of nitrogens with zero attached hydrogens (tertiary/aromatic N) is 3. The Morgan fingerprint density at radius 2 is 1.94 bits per heavy atom. The third kappa shape index (κ3) is 3.12. The predicted octanol–water partition coefficient (Wildman–Crippen LogP) is 6.38. The highest BCUT2D eigenvalue weighted by atomic mass is 79.9. The second-order valence-electron chi connectivity index (χ2n) is 7.29. The average Bonchev–Trinajstić information content (AvgIpc) is 3.47. The summed E-state index contributed by atoms with van der Waals surface area (Å²) in [7, 11) is 0. The molecule has 2 aliphatic rings. The Morgan fingerprint density at radius 1 is 1.10 bits per heavy atom. The van der Waals surface area contributed by atoms with Crippen LogP contribution < -0.4 is 10.1 Å². The van der Waals surface area contributed by atoms with Gasteiger partial charge in [0.25, 0.3) is 0 Å². The lowest BCUT2D eigenvalue weighted by atomic mass is 9.87. The van der Waals surface area contributed by atoms with Gasteiger partial charge in [-0.05, 0) is 47.5 Å². The number of aromatic nitrogens is 3. The molecule has 8 heteroatoms. The Morgan fingerprint density at radius 3 is 2.71 bits per heavy atom. The number of fused-ring (bicyclic) bond motifs is 3. The molecule has 6 rings (SSSR count). The summed E-state index contributed by atoms with van der Waals surface area (Å²) in [6.07, 6.45) is 1.79. The highest BCUT2D eigenvalue weighted by molar-refractivity contribution is 9.10. The molecule has 2 atom stereocenters. The molecule has 154 valence electrons. The van der Waals surface area contributed by atoms with Crippen molar-refractivity contribution in [2.75, 3.05) is 11.6 Å². The summed E-state index contributed by atoms with van der Waals surface area (Å²) >= 11 is 6.81. The van der Waals surface area contributed by atoms with Crippen LogP contribution in [0.4, 0.5) is 5.95 Å². The minimum atomic E-state index is -0.207. The van der Waals surface area contributed by atoms with E-state index in [1.807, 2.05) is 29.1 Å². The van der Waals surface area contributed by atoms with E-state index in [0.29, 0.717) is 0 Å². The molecule has 0 spiro atoms. The van der Waals surface area contributed by atoms with E-state index in [1.54, 1.807) is 23.1 Å². The quantitative estimate of drug-likeness (QED) is 0.325. The molecule has 31 heavy (non-hydrogen) atoms. The Kier molecular flexibility index (Phi) is 4.66. The number of benzene rings is 2. The number of thioether (sulfide) groups is 1. The fourth-order valence-electron chi connectivity index (χ4n) is 4.19. The van der Waals surface area contributed by atoms with Gasteiger partial charge in [0.15, 0.2) is 6.10 Å². The van der Waals surface area contributed by atoms with Gasteiger partial charge in [0, 0.05) is 20.5 Å². The molecule has 0 unspecified atom stereocenters. The predicted molar refractivity (Wildman–Crippen MR) is 129 cm³/mol. The summed E-state index contributed by atoms with van der Waals surface area (Å²) in [5.41, 5.74) is 4.39. The van der Waals surface area contributed by atoms with Gasteiger partial charge in [-0.15, -0.1) is 16.4 Å². The van der Waals surface area contributed by atoms with E-state index in [2.05, 4.69) is 69.1 Å². The topological polar surface area (TPSA) is 52.0 Å². The largest absolute Gasteiger partial charge is 0.480 e. The number of nitrogens with one attached hydrogen (secondary N) is 1. The summed E-state index contributed by atoms with van der Waals surface area (Å²) in [6, 6.07) is 20.7. The minimum absolute atomic E-state index is 0.131. The summed E-state index contributed by atoms with van der Waals surface area (Å²) in [6.45, 7) is 0. The Labute approximate surface area is 196 Å². The number of rotatable bonds is 3. The first kappa shape index (κ1) is 19.2. The molecule has 0 radical (unpaired) electrons. The molecule has 2 aliphatic heterocycles. The number of para-hydroxylation sites is 1. The van der Waals surface area contributed by atoms with Crippen molar-refractivity contribution in [2.45, 2.75) is 17.3 Å². The highest BCUT2D eigenvalue weighted by Gasteiger charge is 2.41. The Balaban J connectivity index is 1.64. The van der Waals surface area contributed by atoms with Crippen LogP contribution in [0.3, 0.4) is 0 Å². The monoisotopic (exact) mass is 508 g/mol. The first-order valence-electron chi connectivity index (χ1n) is 9.79. The first-order chi connectivity index (χ1) is 15.2. The maximum atomic E-state index is 6.61. The maximum Gasteiger partial charge on any atom is 0.227 e. The van der Waals surface area contributed by atoms with Gasteiger partial charge in [-0.2, -0.15) is 4.98 Å². The van der Waals surface area contributed by atoms with Crippen LogP contribution in [0, 0.1) is 0 Å². The summed E-state index contributed by atoms with van der Waals surface area (Å²) in [5.74, 6) is 1.62. The van der Waals surface area contributed by atoms with Crippen molar-refractivity contribution < 1.29 is 4.74 Å². The molecule has 0 amide bonds. The third-order valence-corrected chi connectivity index (χ3v) is 7.51. The SMILES string of the molecule is CSc1nc2n(n1)[C@H](c1ccc(Br)cc1)C1=C(N2)c2ccccc2O[C@@H]1c1cccs1. The minimum Gasteiger partial charge on any atom is -0.480 e. The number of thiophene rings is 1. The fourth-order valence-corrected chi connectivity index (χ4v) is 5.57. The number of ether oxygens (including phenoxy) is 1. The van der Waals surface area contributed by atoms with E-state index >= 15 is 0 Å². The average molecular weight is 509 g/mol. The van der Waals surface area contributed by atoms with Gasteiger partial charge in [0.1, 0.15) is 11.8 Å². The normalized spacial score (nSPS) is 19.2. The van der Waals surface area contributed by atoms with E-state index in [1.165, 1.54) is 4.88 Å². The molecule has 0 bridgehead atoms. The molecule has 0 aliphatic carbocycles. The molecule has 2 aromatic carbocycles. The lowest BCUT2D eigenvalue weighted by Gasteiger charge is -2.38. The molecule has 2 aromatic heterocycles. The molecular weight excluding hydrogens is 492 g/mol. The van der Waals surface area contributed by atoms with Crippen LogP contribution in [0.5, 0.6) is 5.75 Å². The standard InChI is InChI=1S/C23H17BrN4OS2/c1-30-23-26-22-25-19-15-5-2-3-6-16(15)29-21(17-7-4-12-31-17)18(19)20(28(22)27-23)13-8-10-14(24)11-9-13/h2-12,20-21H,1H3,(H,25,26,27)/t20-,21-/m1/s1. The molecule has 0 saturated carbocycles. The van der Waals surface area contributed by atoms with Crippen LogP contribution >= 0.6 is 39.0 Å². The van der Waals surface area contributed by atoms with Crippen molar-refractivity contribution in [3.63, 3.8) is 0 Å². The second kappa shape index (κ2) is 7.55. The van der Waals surface area contributed by atoms with Crippen molar-refractivity contribution in [1.29, 1.82) is 0 Å². The number of hydrogen-bond donors (Lipinski definition) is 1. The van der Waals surface area contributed by atoms with Crippen LogP contribution in [0.2, 0.25) is 0 Å². The molecule has 4 heterocycles. The molecule has 0 fully saturated rings. The fraction of sp³-hybridized carbons (Fsp3) is 0.130. The van der Waals surface area contributed by atoms with Crippen LogP contribution in [0.15, 0.2) is 81.2 Å². The van der Waals surface area contributed by atoms with Gasteiger partial charge in [0.2, 0.25) is 11.1 Å². The first-order valence-corrected chi connectivity index (χ1v) is 12.7. The summed E-state index contributed by atoms with van der Waals surface area (Å²) < 4.78 is 9.64. The van der Waals surface area contributed by atoms with Crippen LogP contribution in [-0.4, -0.2) is 21.0 Å². The zero-order chi connectivity index (χ0) is 20.9. The number of halogens is 1. The van der Waals surface area contributed by atoms with E-state index in [9.17, 15) is 0 Å². The Bertz CT molecular complexity index is 1300.